The molecule has 6 nitrogen and oxygen atoms in total. The van der Waals surface area contributed by atoms with Crippen LogP contribution < -0.4 is 5.32 Å². The third-order valence-electron chi connectivity index (χ3n) is 3.56. The van der Waals surface area contributed by atoms with E-state index in [2.05, 4.69) is 5.32 Å². The second kappa shape index (κ2) is 7.34. The Morgan fingerprint density at radius 2 is 2.09 bits per heavy atom. The summed E-state index contributed by atoms with van der Waals surface area (Å²) in [7, 11) is 1.59. The summed E-state index contributed by atoms with van der Waals surface area (Å²) in [5, 5.41) is 13.7. The zero-order valence-corrected chi connectivity index (χ0v) is 14.0. The molecule has 0 bridgehead atoms. The molecule has 0 saturated carbocycles. The summed E-state index contributed by atoms with van der Waals surface area (Å²) >= 11 is 1.61. The van der Waals surface area contributed by atoms with Crippen molar-refractivity contribution in [2.45, 2.75) is 20.0 Å². The van der Waals surface area contributed by atoms with Gasteiger partial charge < -0.3 is 10.1 Å². The molecule has 2 aromatic rings. The van der Waals surface area contributed by atoms with Crippen molar-refractivity contribution in [2.24, 2.45) is 0 Å². The smallest absolute Gasteiger partial charge is 0.273 e. The van der Waals surface area contributed by atoms with Crippen LogP contribution in [0, 0.1) is 24.0 Å². The first-order chi connectivity index (χ1) is 10.9. The van der Waals surface area contributed by atoms with Crippen molar-refractivity contribution < 1.29 is 14.5 Å². The predicted octanol–water partition coefficient (Wildman–Crippen LogP) is 3.39. The lowest BCUT2D eigenvalue weighted by Gasteiger charge is -2.15. The van der Waals surface area contributed by atoms with Gasteiger partial charge in [0.1, 0.15) is 6.10 Å². The highest BCUT2D eigenvalue weighted by Gasteiger charge is 2.19. The monoisotopic (exact) mass is 334 g/mol. The number of amides is 1. The van der Waals surface area contributed by atoms with Gasteiger partial charge in [0.05, 0.1) is 4.92 Å². The predicted molar refractivity (Wildman–Crippen MR) is 89.0 cm³/mol. The Morgan fingerprint density at radius 3 is 2.65 bits per heavy atom. The van der Waals surface area contributed by atoms with Crippen molar-refractivity contribution in [3.05, 3.63) is 61.3 Å². The first-order valence-corrected chi connectivity index (χ1v) is 7.87. The van der Waals surface area contributed by atoms with Gasteiger partial charge in [0.15, 0.2) is 0 Å². The lowest BCUT2D eigenvalue weighted by Crippen LogP contribution is -2.29. The molecule has 0 fully saturated rings. The van der Waals surface area contributed by atoms with Gasteiger partial charge in [-0.3, -0.25) is 14.9 Å². The molecule has 0 spiro atoms. The number of hydrogen-bond acceptors (Lipinski definition) is 5. The maximum Gasteiger partial charge on any atom is 0.273 e. The number of nitrogens with zero attached hydrogens (tertiary/aromatic N) is 1. The third-order valence-corrected chi connectivity index (χ3v) is 4.65. The Morgan fingerprint density at radius 1 is 1.35 bits per heavy atom. The Kier molecular flexibility index (Phi) is 5.46. The number of nitro groups is 1. The lowest BCUT2D eigenvalue weighted by atomic mass is 10.1. The molecule has 1 unspecified atom stereocenters. The number of hydrogen-bond donors (Lipinski definition) is 1. The zero-order chi connectivity index (χ0) is 17.0. The van der Waals surface area contributed by atoms with Crippen LogP contribution in [0.3, 0.4) is 0 Å². The van der Waals surface area contributed by atoms with Gasteiger partial charge in [-0.2, -0.15) is 0 Å². The highest BCUT2D eigenvalue weighted by Crippen LogP contribution is 2.25. The number of methoxy groups -OCH3 is 1. The first kappa shape index (κ1) is 17.1. The average molecular weight is 334 g/mol. The van der Waals surface area contributed by atoms with Gasteiger partial charge in [0.2, 0.25) is 0 Å². The Balaban J connectivity index is 2.10. The van der Waals surface area contributed by atoms with Gasteiger partial charge in [0.25, 0.3) is 11.6 Å². The van der Waals surface area contributed by atoms with Gasteiger partial charge in [-0.15, -0.1) is 11.3 Å². The van der Waals surface area contributed by atoms with Crippen LogP contribution in [0.15, 0.2) is 30.3 Å². The minimum absolute atomic E-state index is 0.0603. The van der Waals surface area contributed by atoms with Crippen LogP contribution in [0.5, 0.6) is 0 Å². The van der Waals surface area contributed by atoms with E-state index in [-0.39, 0.29) is 17.7 Å². The van der Waals surface area contributed by atoms with Crippen LogP contribution in [0.4, 0.5) is 5.69 Å². The molecule has 0 radical (unpaired) electrons. The molecule has 7 heteroatoms. The number of ether oxygens (including phenoxy) is 1. The SMILES string of the molecule is COC(CNC(=O)c1cccc([N+](=O)[O-])c1C)c1ccc(C)s1. The summed E-state index contributed by atoms with van der Waals surface area (Å²) in [6, 6.07) is 8.45. The van der Waals surface area contributed by atoms with E-state index in [1.165, 1.54) is 17.0 Å². The van der Waals surface area contributed by atoms with Gasteiger partial charge in [-0.25, -0.2) is 0 Å². The van der Waals surface area contributed by atoms with Crippen molar-refractivity contribution >= 4 is 22.9 Å². The lowest BCUT2D eigenvalue weighted by molar-refractivity contribution is -0.385. The summed E-state index contributed by atoms with van der Waals surface area (Å²) in [4.78, 5) is 25.0. The van der Waals surface area contributed by atoms with Crippen LogP contribution >= 0.6 is 11.3 Å². The van der Waals surface area contributed by atoms with Crippen LogP contribution in [0.2, 0.25) is 0 Å². The standard InChI is InChI=1S/C16H18N2O4S/c1-10-7-8-15(23-10)14(22-3)9-17-16(19)12-5-4-6-13(11(12)2)18(20)21/h4-8,14H,9H2,1-3H3,(H,17,19). The second-order valence-corrected chi connectivity index (χ2v) is 6.41. The zero-order valence-electron chi connectivity index (χ0n) is 13.2. The Bertz CT molecular complexity index is 727. The molecule has 0 aliphatic carbocycles. The normalized spacial score (nSPS) is 12.0. The van der Waals surface area contributed by atoms with Gasteiger partial charge in [-0.05, 0) is 32.0 Å². The van der Waals surface area contributed by atoms with Gasteiger partial charge >= 0.3 is 0 Å². The molecule has 1 atom stereocenters. The largest absolute Gasteiger partial charge is 0.374 e. The average Bonchev–Trinajstić information content (AvgIpc) is 2.94. The molecule has 0 aliphatic heterocycles. The number of carbonyl (C=O) groups excluding carboxylic acids is 1. The van der Waals surface area contributed by atoms with E-state index in [1.807, 2.05) is 19.1 Å². The first-order valence-electron chi connectivity index (χ1n) is 7.05. The van der Waals surface area contributed by atoms with E-state index in [4.69, 9.17) is 4.74 Å². The fourth-order valence-electron chi connectivity index (χ4n) is 2.27. The summed E-state index contributed by atoms with van der Waals surface area (Å²) < 4.78 is 5.42. The maximum atomic E-state index is 12.3. The van der Waals surface area contributed by atoms with Crippen LogP contribution in [0.1, 0.15) is 31.8 Å². The number of aryl methyl sites for hydroxylation is 1. The van der Waals surface area contributed by atoms with E-state index in [9.17, 15) is 14.9 Å². The molecule has 1 N–H and O–H groups in total. The van der Waals surface area contributed by atoms with Crippen molar-refractivity contribution in [3.63, 3.8) is 0 Å². The van der Waals surface area contributed by atoms with E-state index >= 15 is 0 Å². The summed E-state index contributed by atoms with van der Waals surface area (Å²) in [5.74, 6) is -0.346. The topological polar surface area (TPSA) is 81.5 Å². The Hall–Kier alpha value is -2.25. The molecule has 23 heavy (non-hydrogen) atoms. The van der Waals surface area contributed by atoms with Gasteiger partial charge in [0, 0.05) is 40.6 Å². The molecule has 0 saturated heterocycles. The molecule has 2 rings (SSSR count). The molecular weight excluding hydrogens is 316 g/mol. The molecule has 1 aromatic carbocycles. The van der Waals surface area contributed by atoms with Crippen molar-refractivity contribution in [1.82, 2.24) is 5.32 Å². The van der Waals surface area contributed by atoms with Gasteiger partial charge in [-0.1, -0.05) is 6.07 Å². The maximum absolute atomic E-state index is 12.3. The fourth-order valence-corrected chi connectivity index (χ4v) is 3.23. The van der Waals surface area contributed by atoms with Crippen molar-refractivity contribution in [2.75, 3.05) is 13.7 Å². The summed E-state index contributed by atoms with van der Waals surface area (Å²) in [6.45, 7) is 3.88. The van der Waals surface area contributed by atoms with Crippen LogP contribution in [-0.4, -0.2) is 24.5 Å². The number of thiophene rings is 1. The van der Waals surface area contributed by atoms with Crippen molar-refractivity contribution in [3.8, 4) is 0 Å². The number of benzene rings is 1. The third kappa shape index (κ3) is 3.94. The Labute approximate surface area is 138 Å². The summed E-state index contributed by atoms with van der Waals surface area (Å²) in [6.07, 6.45) is -0.239. The van der Waals surface area contributed by atoms with E-state index in [0.29, 0.717) is 17.7 Å². The highest BCUT2D eigenvalue weighted by molar-refractivity contribution is 7.12. The minimum atomic E-state index is -0.488. The molecule has 1 heterocycles. The van der Waals surface area contributed by atoms with Crippen molar-refractivity contribution in [1.29, 1.82) is 0 Å². The van der Waals surface area contributed by atoms with E-state index in [1.54, 1.807) is 31.4 Å². The highest BCUT2D eigenvalue weighted by atomic mass is 32.1. The molecular formula is C16H18N2O4S. The van der Waals surface area contributed by atoms with E-state index < -0.39 is 4.92 Å². The molecule has 0 aliphatic rings. The number of nitrogens with one attached hydrogen (secondary N) is 1. The number of carbonyl (C=O) groups is 1. The number of nitro benzene ring substituents is 1. The quantitative estimate of drug-likeness (QED) is 0.648. The molecule has 1 aromatic heterocycles. The van der Waals surface area contributed by atoms with E-state index in [0.717, 1.165) is 4.88 Å². The number of rotatable bonds is 6. The summed E-state index contributed by atoms with van der Waals surface area (Å²) in [5.41, 5.74) is 0.599. The molecule has 122 valence electrons. The van der Waals surface area contributed by atoms with Crippen LogP contribution in [0.25, 0.3) is 0 Å². The molecule has 1 amide bonds. The second-order valence-electron chi connectivity index (χ2n) is 5.09. The fraction of sp³-hybridized carbons (Fsp3) is 0.312. The van der Waals surface area contributed by atoms with Crippen LogP contribution in [-0.2, 0) is 4.74 Å². The minimum Gasteiger partial charge on any atom is -0.374 e.